The van der Waals surface area contributed by atoms with E-state index < -0.39 is 0 Å². The lowest BCUT2D eigenvalue weighted by Gasteiger charge is -2.32. The van der Waals surface area contributed by atoms with Crippen molar-refractivity contribution in [3.8, 4) is 0 Å². The van der Waals surface area contributed by atoms with Gasteiger partial charge >= 0.3 is 0 Å². The number of nitrogens with zero attached hydrogens (tertiary/aromatic N) is 1. The highest BCUT2D eigenvalue weighted by Crippen LogP contribution is 2.38. The molecule has 1 aliphatic carbocycles. The highest BCUT2D eigenvalue weighted by Gasteiger charge is 2.39. The van der Waals surface area contributed by atoms with Crippen molar-refractivity contribution in [3.63, 3.8) is 0 Å². The van der Waals surface area contributed by atoms with Crippen molar-refractivity contribution in [1.29, 1.82) is 0 Å². The number of likely N-dealkylation sites (tertiary alicyclic amines) is 1. The molecule has 1 saturated carbocycles. The van der Waals surface area contributed by atoms with E-state index in [-0.39, 0.29) is 17.7 Å². The van der Waals surface area contributed by atoms with Gasteiger partial charge in [0.2, 0.25) is 5.91 Å². The molecule has 2 N–H and O–H groups in total. The smallest absolute Gasteiger partial charge is 0.253 e. The van der Waals surface area contributed by atoms with Crippen LogP contribution in [-0.4, -0.2) is 43.4 Å². The van der Waals surface area contributed by atoms with Gasteiger partial charge in [-0.05, 0) is 62.9 Å². The molecule has 0 radical (unpaired) electrons. The molecule has 1 heterocycles. The summed E-state index contributed by atoms with van der Waals surface area (Å²) in [6.07, 6.45) is 3.05. The van der Waals surface area contributed by atoms with E-state index in [1.807, 2.05) is 30.1 Å². The zero-order chi connectivity index (χ0) is 17.1. The van der Waals surface area contributed by atoms with Crippen molar-refractivity contribution in [3.05, 3.63) is 29.8 Å². The van der Waals surface area contributed by atoms with E-state index >= 15 is 0 Å². The van der Waals surface area contributed by atoms with Crippen LogP contribution >= 0.6 is 0 Å². The quantitative estimate of drug-likeness (QED) is 0.872. The molecule has 2 fully saturated rings. The minimum absolute atomic E-state index is 0.0637. The van der Waals surface area contributed by atoms with E-state index in [1.54, 1.807) is 6.07 Å². The molecule has 2 aliphatic rings. The minimum Gasteiger partial charge on any atom is -0.339 e. The van der Waals surface area contributed by atoms with Crippen LogP contribution in [-0.2, 0) is 4.79 Å². The summed E-state index contributed by atoms with van der Waals surface area (Å²) < 4.78 is 0. The number of piperidine rings is 1. The molecule has 1 aliphatic heterocycles. The van der Waals surface area contributed by atoms with Gasteiger partial charge in [-0.1, -0.05) is 13.0 Å². The lowest BCUT2D eigenvalue weighted by molar-refractivity contribution is -0.117. The minimum atomic E-state index is 0.0637. The predicted octanol–water partition coefficient (Wildman–Crippen LogP) is 2.35. The van der Waals surface area contributed by atoms with E-state index in [2.05, 4.69) is 17.6 Å². The van der Waals surface area contributed by atoms with Crippen LogP contribution in [0.15, 0.2) is 24.3 Å². The van der Waals surface area contributed by atoms with Crippen molar-refractivity contribution < 1.29 is 9.59 Å². The van der Waals surface area contributed by atoms with E-state index in [0.717, 1.165) is 44.6 Å². The standard InChI is InChI=1S/C19H27N3O2/c1-13-10-17(13)18(23)21-16-5-3-4-15(11-16)19(24)22-8-6-14(7-9-22)12-20-2/h3-5,11,13-14,17,20H,6-10,12H2,1-2H3,(H,21,23). The van der Waals surface area contributed by atoms with E-state index in [0.29, 0.717) is 17.4 Å². The van der Waals surface area contributed by atoms with Gasteiger partial charge in [0.1, 0.15) is 0 Å². The largest absolute Gasteiger partial charge is 0.339 e. The summed E-state index contributed by atoms with van der Waals surface area (Å²) >= 11 is 0. The second kappa shape index (κ2) is 7.34. The van der Waals surface area contributed by atoms with Gasteiger partial charge in [0.05, 0.1) is 0 Å². The SMILES string of the molecule is CNCC1CCN(C(=O)c2cccc(NC(=O)C3CC3C)c2)CC1. The lowest BCUT2D eigenvalue weighted by atomic mass is 9.96. The van der Waals surface area contributed by atoms with Gasteiger partial charge in [0, 0.05) is 30.3 Å². The van der Waals surface area contributed by atoms with Crippen LogP contribution in [0, 0.1) is 17.8 Å². The first kappa shape index (κ1) is 17.0. The first-order valence-electron chi connectivity index (χ1n) is 8.93. The molecule has 2 amide bonds. The number of carbonyl (C=O) groups is 2. The summed E-state index contributed by atoms with van der Waals surface area (Å²) in [6, 6.07) is 7.32. The van der Waals surface area contributed by atoms with Crippen molar-refractivity contribution in [2.75, 3.05) is 32.0 Å². The first-order chi connectivity index (χ1) is 11.6. The molecule has 0 spiro atoms. The van der Waals surface area contributed by atoms with Crippen LogP contribution in [0.2, 0.25) is 0 Å². The molecule has 1 saturated heterocycles. The maximum Gasteiger partial charge on any atom is 0.253 e. The Labute approximate surface area is 143 Å². The summed E-state index contributed by atoms with van der Waals surface area (Å²) in [4.78, 5) is 26.7. The predicted molar refractivity (Wildman–Crippen MR) is 94.9 cm³/mol. The van der Waals surface area contributed by atoms with E-state index in [9.17, 15) is 9.59 Å². The fraction of sp³-hybridized carbons (Fsp3) is 0.579. The number of benzene rings is 1. The van der Waals surface area contributed by atoms with Crippen LogP contribution in [0.25, 0.3) is 0 Å². The summed E-state index contributed by atoms with van der Waals surface area (Å²) in [5.41, 5.74) is 1.37. The van der Waals surface area contributed by atoms with Crippen LogP contribution < -0.4 is 10.6 Å². The summed E-state index contributed by atoms with van der Waals surface area (Å²) in [5, 5.41) is 6.15. The third-order valence-corrected chi connectivity index (χ3v) is 5.22. The third-order valence-electron chi connectivity index (χ3n) is 5.22. The van der Waals surface area contributed by atoms with E-state index in [1.165, 1.54) is 0 Å². The topological polar surface area (TPSA) is 61.4 Å². The molecule has 1 aromatic rings. The van der Waals surface area contributed by atoms with Gasteiger partial charge in [-0.2, -0.15) is 0 Å². The van der Waals surface area contributed by atoms with Crippen LogP contribution in [0.3, 0.4) is 0 Å². The van der Waals surface area contributed by atoms with Crippen molar-refractivity contribution in [2.24, 2.45) is 17.8 Å². The summed E-state index contributed by atoms with van der Waals surface area (Å²) in [5.74, 6) is 1.41. The molecule has 0 aromatic heterocycles. The van der Waals surface area contributed by atoms with Crippen molar-refractivity contribution >= 4 is 17.5 Å². The van der Waals surface area contributed by atoms with Gasteiger partial charge in [0.15, 0.2) is 0 Å². The number of hydrogen-bond acceptors (Lipinski definition) is 3. The molecule has 0 bridgehead atoms. The Balaban J connectivity index is 1.59. The zero-order valence-electron chi connectivity index (χ0n) is 14.5. The normalized spacial score (nSPS) is 23.8. The van der Waals surface area contributed by atoms with Gasteiger partial charge in [-0.25, -0.2) is 0 Å². The van der Waals surface area contributed by atoms with Crippen LogP contribution in [0.5, 0.6) is 0 Å². The summed E-state index contributed by atoms with van der Waals surface area (Å²) in [6.45, 7) is 4.72. The average Bonchev–Trinajstić information content (AvgIpc) is 3.32. The Hall–Kier alpha value is -1.88. The molecule has 1 aromatic carbocycles. The highest BCUT2D eigenvalue weighted by atomic mass is 16.2. The number of anilines is 1. The van der Waals surface area contributed by atoms with E-state index in [4.69, 9.17) is 0 Å². The second-order valence-corrected chi connectivity index (χ2v) is 7.18. The lowest BCUT2D eigenvalue weighted by Crippen LogP contribution is -2.40. The Bertz CT molecular complexity index is 608. The zero-order valence-corrected chi connectivity index (χ0v) is 14.5. The van der Waals surface area contributed by atoms with Gasteiger partial charge in [-0.3, -0.25) is 9.59 Å². The number of carbonyl (C=O) groups excluding carboxylic acids is 2. The Morgan fingerprint density at radius 3 is 2.58 bits per heavy atom. The van der Waals surface area contributed by atoms with Gasteiger partial charge < -0.3 is 15.5 Å². The molecule has 5 nitrogen and oxygen atoms in total. The highest BCUT2D eigenvalue weighted by molar-refractivity contribution is 5.98. The Morgan fingerprint density at radius 1 is 1.25 bits per heavy atom. The first-order valence-corrected chi connectivity index (χ1v) is 8.93. The molecule has 2 atom stereocenters. The van der Waals surface area contributed by atoms with Gasteiger partial charge in [-0.15, -0.1) is 0 Å². The maximum absolute atomic E-state index is 12.7. The number of amides is 2. The Kier molecular flexibility index (Phi) is 5.19. The Morgan fingerprint density at radius 2 is 1.96 bits per heavy atom. The molecule has 24 heavy (non-hydrogen) atoms. The third kappa shape index (κ3) is 3.96. The molecule has 3 rings (SSSR count). The summed E-state index contributed by atoms with van der Waals surface area (Å²) in [7, 11) is 1.97. The van der Waals surface area contributed by atoms with Crippen molar-refractivity contribution in [2.45, 2.75) is 26.2 Å². The van der Waals surface area contributed by atoms with Gasteiger partial charge in [0.25, 0.3) is 5.91 Å². The number of hydrogen-bond donors (Lipinski definition) is 2. The second-order valence-electron chi connectivity index (χ2n) is 7.18. The number of nitrogens with one attached hydrogen (secondary N) is 2. The monoisotopic (exact) mass is 329 g/mol. The number of rotatable bonds is 5. The van der Waals surface area contributed by atoms with Crippen LogP contribution in [0.4, 0.5) is 5.69 Å². The maximum atomic E-state index is 12.7. The average molecular weight is 329 g/mol. The fourth-order valence-corrected chi connectivity index (χ4v) is 3.46. The molecular formula is C19H27N3O2. The molecule has 5 heteroatoms. The fourth-order valence-electron chi connectivity index (χ4n) is 3.46. The van der Waals surface area contributed by atoms with Crippen molar-refractivity contribution in [1.82, 2.24) is 10.2 Å². The molecular weight excluding hydrogens is 302 g/mol. The molecule has 130 valence electrons. The van der Waals surface area contributed by atoms with Crippen LogP contribution in [0.1, 0.15) is 36.5 Å². The molecule has 2 unspecified atom stereocenters.